The highest BCUT2D eigenvalue weighted by atomic mass is 79.9. The zero-order valence-corrected chi connectivity index (χ0v) is 19.5. The van der Waals surface area contributed by atoms with Gasteiger partial charge in [0.15, 0.2) is 11.6 Å². The number of aromatic nitrogens is 1. The number of nitrogens with zero attached hydrogens (tertiary/aromatic N) is 1. The van der Waals surface area contributed by atoms with Crippen LogP contribution in [0.4, 0.5) is 0 Å². The maximum Gasteiger partial charge on any atom is 0.196 e. The van der Waals surface area contributed by atoms with Crippen LogP contribution in [-0.4, -0.2) is 29.8 Å². The Morgan fingerprint density at radius 3 is 2.29 bits per heavy atom. The van der Waals surface area contributed by atoms with Crippen LogP contribution in [0.5, 0.6) is 11.5 Å². The summed E-state index contributed by atoms with van der Waals surface area (Å²) < 4.78 is 12.8. The molecule has 3 heterocycles. The number of halogens is 2. The maximum absolute atomic E-state index is 12.3. The molecule has 7 heteroatoms. The van der Waals surface area contributed by atoms with Crippen LogP contribution in [0.2, 0.25) is 0 Å². The Bertz CT molecular complexity index is 1180. The summed E-state index contributed by atoms with van der Waals surface area (Å²) >= 11 is 6.68. The molecule has 31 heavy (non-hydrogen) atoms. The van der Waals surface area contributed by atoms with Gasteiger partial charge in [-0.15, -0.1) is 0 Å². The Morgan fingerprint density at radius 1 is 0.871 bits per heavy atom. The fourth-order valence-corrected chi connectivity index (χ4v) is 3.86. The number of fused-ring (bicyclic) bond motifs is 2. The van der Waals surface area contributed by atoms with E-state index in [0.29, 0.717) is 41.2 Å². The first-order valence-electron chi connectivity index (χ1n) is 9.55. The van der Waals surface area contributed by atoms with Gasteiger partial charge in [0.1, 0.15) is 18.1 Å². The molecule has 3 aromatic rings. The van der Waals surface area contributed by atoms with Crippen molar-refractivity contribution in [1.29, 1.82) is 0 Å². The molecule has 156 valence electrons. The Morgan fingerprint density at radius 2 is 1.58 bits per heavy atom. The predicted molar refractivity (Wildman–Crippen MR) is 125 cm³/mol. The second-order valence-corrected chi connectivity index (χ2v) is 8.68. The summed E-state index contributed by atoms with van der Waals surface area (Å²) in [7, 11) is 0. The zero-order chi connectivity index (χ0) is 21.8. The fraction of sp³-hybridized carbons (Fsp3) is 0.125. The van der Waals surface area contributed by atoms with E-state index >= 15 is 0 Å². The normalized spacial score (nSPS) is 15.7. The van der Waals surface area contributed by atoms with Gasteiger partial charge < -0.3 is 9.47 Å². The van der Waals surface area contributed by atoms with Crippen LogP contribution in [0.15, 0.2) is 75.3 Å². The number of carbonyl (C=O) groups excluding carboxylic acids is 2. The van der Waals surface area contributed by atoms with Gasteiger partial charge in [0.05, 0.1) is 23.4 Å². The lowest BCUT2D eigenvalue weighted by molar-refractivity contribution is 0.0932. The first kappa shape index (κ1) is 21.5. The van der Waals surface area contributed by atoms with E-state index in [9.17, 15) is 9.59 Å². The SMILES string of the molecule is O=C1/C(=C/c2ccccn2)COc2cc(Br)ccc21.O=C1CCOc2cc(Br)ccc21. The van der Waals surface area contributed by atoms with Crippen LogP contribution in [-0.2, 0) is 0 Å². The second-order valence-electron chi connectivity index (χ2n) is 6.84. The van der Waals surface area contributed by atoms with Gasteiger partial charge in [0.25, 0.3) is 0 Å². The van der Waals surface area contributed by atoms with E-state index in [-0.39, 0.29) is 18.2 Å². The Balaban J connectivity index is 0.000000166. The molecular formula is C24H17Br2NO4. The number of hydrogen-bond donors (Lipinski definition) is 0. The van der Waals surface area contributed by atoms with E-state index in [1.807, 2.05) is 42.5 Å². The number of rotatable bonds is 1. The molecule has 0 atom stereocenters. The highest BCUT2D eigenvalue weighted by molar-refractivity contribution is 9.10. The third-order valence-electron chi connectivity index (χ3n) is 4.70. The van der Waals surface area contributed by atoms with Crippen LogP contribution < -0.4 is 9.47 Å². The van der Waals surface area contributed by atoms with Crippen molar-refractivity contribution in [2.75, 3.05) is 13.2 Å². The van der Waals surface area contributed by atoms with Gasteiger partial charge in [0, 0.05) is 27.1 Å². The number of pyridine rings is 1. The van der Waals surface area contributed by atoms with E-state index in [4.69, 9.17) is 9.47 Å². The van der Waals surface area contributed by atoms with Gasteiger partial charge in [-0.25, -0.2) is 0 Å². The molecule has 0 aliphatic carbocycles. The third-order valence-corrected chi connectivity index (χ3v) is 5.69. The molecule has 0 saturated carbocycles. The minimum Gasteiger partial charge on any atom is -0.492 e. The number of ketones is 2. The molecule has 5 rings (SSSR count). The van der Waals surface area contributed by atoms with Gasteiger partial charge in [-0.1, -0.05) is 37.9 Å². The summed E-state index contributed by atoms with van der Waals surface area (Å²) in [4.78, 5) is 27.8. The quantitative estimate of drug-likeness (QED) is 0.357. The van der Waals surface area contributed by atoms with Crippen molar-refractivity contribution in [3.05, 3.63) is 92.1 Å². The van der Waals surface area contributed by atoms with Gasteiger partial charge in [-0.05, 0) is 54.6 Å². The molecule has 0 fully saturated rings. The third kappa shape index (κ3) is 5.11. The highest BCUT2D eigenvalue weighted by Gasteiger charge is 2.23. The number of hydrogen-bond acceptors (Lipinski definition) is 5. The maximum atomic E-state index is 12.3. The van der Waals surface area contributed by atoms with Crippen molar-refractivity contribution < 1.29 is 19.1 Å². The molecule has 0 unspecified atom stereocenters. The largest absolute Gasteiger partial charge is 0.492 e. The van der Waals surface area contributed by atoms with Crippen LogP contribution in [0.3, 0.4) is 0 Å². The van der Waals surface area contributed by atoms with Crippen molar-refractivity contribution >= 4 is 49.5 Å². The Kier molecular flexibility index (Phi) is 6.63. The van der Waals surface area contributed by atoms with E-state index in [1.54, 1.807) is 24.4 Å². The molecule has 0 N–H and O–H groups in total. The Labute approximate surface area is 196 Å². The van der Waals surface area contributed by atoms with Crippen molar-refractivity contribution in [2.24, 2.45) is 0 Å². The standard InChI is InChI=1S/C15H10BrNO2.C9H7BrO2/c16-11-4-5-13-14(8-11)19-9-10(15(13)18)7-12-3-1-2-6-17-12;10-6-1-2-7-8(11)3-4-12-9(7)5-6/h1-8H,9H2;1-2,5H,3-4H2/b10-7+;. The average Bonchev–Trinajstić information content (AvgIpc) is 2.77. The number of Topliss-reactive ketones (excluding diaryl/α,β-unsaturated/α-hetero) is 2. The molecule has 0 amide bonds. The van der Waals surface area contributed by atoms with E-state index in [2.05, 4.69) is 36.8 Å². The van der Waals surface area contributed by atoms with Gasteiger partial charge in [-0.2, -0.15) is 0 Å². The summed E-state index contributed by atoms with van der Waals surface area (Å²) in [6.45, 7) is 0.779. The smallest absolute Gasteiger partial charge is 0.196 e. The average molecular weight is 543 g/mol. The summed E-state index contributed by atoms with van der Waals surface area (Å²) in [6, 6.07) is 16.5. The van der Waals surface area contributed by atoms with Crippen LogP contribution in [0.1, 0.15) is 32.8 Å². The van der Waals surface area contributed by atoms with Crippen molar-refractivity contribution in [3.63, 3.8) is 0 Å². The lowest BCUT2D eigenvalue weighted by Crippen LogP contribution is -2.19. The lowest BCUT2D eigenvalue weighted by atomic mass is 9.99. The van der Waals surface area contributed by atoms with Crippen molar-refractivity contribution in [3.8, 4) is 11.5 Å². The topological polar surface area (TPSA) is 65.5 Å². The van der Waals surface area contributed by atoms with Gasteiger partial charge in [0.2, 0.25) is 0 Å². The van der Waals surface area contributed by atoms with Crippen LogP contribution in [0.25, 0.3) is 6.08 Å². The first-order chi connectivity index (χ1) is 15.0. The summed E-state index contributed by atoms with van der Waals surface area (Å²) in [5.74, 6) is 1.49. The van der Waals surface area contributed by atoms with E-state index in [1.165, 1.54) is 0 Å². The van der Waals surface area contributed by atoms with Crippen LogP contribution >= 0.6 is 31.9 Å². The number of ether oxygens (including phenoxy) is 2. The summed E-state index contributed by atoms with van der Waals surface area (Å²) in [5, 5.41) is 0. The van der Waals surface area contributed by atoms with Gasteiger partial charge >= 0.3 is 0 Å². The molecule has 0 saturated heterocycles. The molecule has 2 aliphatic rings. The predicted octanol–water partition coefficient (Wildman–Crippen LogP) is 5.92. The zero-order valence-electron chi connectivity index (χ0n) is 16.3. The number of benzene rings is 2. The monoisotopic (exact) mass is 541 g/mol. The minimum absolute atomic E-state index is 0.000553. The highest BCUT2D eigenvalue weighted by Crippen LogP contribution is 2.30. The van der Waals surface area contributed by atoms with Crippen LogP contribution in [0, 0.1) is 0 Å². The molecule has 5 nitrogen and oxygen atoms in total. The number of carbonyl (C=O) groups is 2. The molecule has 1 aromatic heterocycles. The summed E-state index contributed by atoms with van der Waals surface area (Å²) in [5.41, 5.74) is 2.67. The molecule has 2 aromatic carbocycles. The fourth-order valence-electron chi connectivity index (χ4n) is 3.18. The minimum atomic E-state index is -0.000553. The molecule has 2 aliphatic heterocycles. The van der Waals surface area contributed by atoms with Crippen molar-refractivity contribution in [1.82, 2.24) is 4.98 Å². The molecule has 0 spiro atoms. The van der Waals surface area contributed by atoms with E-state index in [0.717, 1.165) is 14.6 Å². The van der Waals surface area contributed by atoms with E-state index < -0.39 is 0 Å². The summed E-state index contributed by atoms with van der Waals surface area (Å²) in [6.07, 6.45) is 3.97. The molecular weight excluding hydrogens is 526 g/mol. The van der Waals surface area contributed by atoms with Crippen molar-refractivity contribution in [2.45, 2.75) is 6.42 Å². The van der Waals surface area contributed by atoms with Gasteiger partial charge in [-0.3, -0.25) is 14.6 Å². The lowest BCUT2D eigenvalue weighted by Gasteiger charge is -2.18. The Hall–Kier alpha value is -2.77. The molecule has 0 bridgehead atoms. The first-order valence-corrected chi connectivity index (χ1v) is 11.1. The second kappa shape index (κ2) is 9.58. The molecule has 0 radical (unpaired) electrons.